The van der Waals surface area contributed by atoms with Crippen LogP contribution in [0.5, 0.6) is 5.75 Å². The van der Waals surface area contributed by atoms with Crippen LogP contribution in [0.25, 0.3) is 11.1 Å². The molecule has 2 rings (SSSR count). The summed E-state index contributed by atoms with van der Waals surface area (Å²) in [5, 5.41) is 9.41. The maximum absolute atomic E-state index is 10.9. The molecule has 3 N–H and O–H groups in total. The molecule has 5 heteroatoms. The Morgan fingerprint density at radius 2 is 2.29 bits per heavy atom. The largest absolute Gasteiger partial charge is 0.505 e. The third-order valence-corrected chi connectivity index (χ3v) is 1.83. The molecule has 0 aromatic carbocycles. The van der Waals surface area contributed by atoms with Gasteiger partial charge < -0.3 is 15.3 Å². The molecule has 0 radical (unpaired) electrons. The van der Waals surface area contributed by atoms with Crippen molar-refractivity contribution in [1.29, 1.82) is 0 Å². The van der Waals surface area contributed by atoms with Crippen molar-refractivity contribution in [2.75, 3.05) is 0 Å². The van der Waals surface area contributed by atoms with Gasteiger partial charge in [0.05, 0.1) is 11.8 Å². The molecule has 0 unspecified atom stereocenters. The number of fused-ring (bicyclic) bond motifs is 1. The van der Waals surface area contributed by atoms with Crippen LogP contribution in [0.4, 0.5) is 0 Å². The lowest BCUT2D eigenvalue weighted by molar-refractivity contribution is 0.466. The molecule has 2 aromatic rings. The van der Waals surface area contributed by atoms with Crippen molar-refractivity contribution in [3.8, 4) is 5.75 Å². The number of nitrogens with two attached hydrogens (primary N) is 1. The smallest absolute Gasteiger partial charge is 0.340 e. The van der Waals surface area contributed by atoms with Crippen molar-refractivity contribution in [3.05, 3.63) is 34.3 Å². The predicted molar refractivity (Wildman–Crippen MR) is 49.8 cm³/mol. The molecule has 2 aromatic heterocycles. The first-order valence-electron chi connectivity index (χ1n) is 4.03. The minimum absolute atomic E-state index is 0.188. The van der Waals surface area contributed by atoms with E-state index in [9.17, 15) is 9.90 Å². The Morgan fingerprint density at radius 3 is 3.00 bits per heavy atom. The highest BCUT2D eigenvalue weighted by Crippen LogP contribution is 2.19. The SMILES string of the molecule is NCc1ccc2oc(=O)cc(O)c2n1. The highest BCUT2D eigenvalue weighted by molar-refractivity contribution is 5.78. The minimum Gasteiger partial charge on any atom is -0.505 e. The Balaban J connectivity index is 2.82. The Kier molecular flexibility index (Phi) is 1.94. The van der Waals surface area contributed by atoms with Gasteiger partial charge in [0.25, 0.3) is 0 Å². The lowest BCUT2D eigenvalue weighted by atomic mass is 10.3. The molecule has 0 saturated carbocycles. The molecule has 0 aliphatic heterocycles. The molecular weight excluding hydrogens is 184 g/mol. The molecule has 0 aliphatic rings. The van der Waals surface area contributed by atoms with Gasteiger partial charge in [-0.3, -0.25) is 0 Å². The molecule has 0 aliphatic carbocycles. The summed E-state index contributed by atoms with van der Waals surface area (Å²) in [6.07, 6.45) is 0. The summed E-state index contributed by atoms with van der Waals surface area (Å²) in [5.74, 6) is -0.188. The summed E-state index contributed by atoms with van der Waals surface area (Å²) in [4.78, 5) is 14.9. The maximum Gasteiger partial charge on any atom is 0.340 e. The zero-order valence-electron chi connectivity index (χ0n) is 7.23. The quantitative estimate of drug-likeness (QED) is 0.680. The second-order valence-electron chi connectivity index (χ2n) is 2.80. The highest BCUT2D eigenvalue weighted by atomic mass is 16.4. The van der Waals surface area contributed by atoms with E-state index in [2.05, 4.69) is 4.98 Å². The van der Waals surface area contributed by atoms with E-state index in [0.29, 0.717) is 5.69 Å². The predicted octanol–water partition coefficient (Wildman–Crippen LogP) is 0.352. The number of pyridine rings is 1. The molecule has 0 saturated heterocycles. The van der Waals surface area contributed by atoms with Gasteiger partial charge in [0, 0.05) is 6.54 Å². The first-order valence-corrected chi connectivity index (χ1v) is 4.03. The van der Waals surface area contributed by atoms with E-state index in [4.69, 9.17) is 10.2 Å². The molecule has 72 valence electrons. The highest BCUT2D eigenvalue weighted by Gasteiger charge is 2.05. The fourth-order valence-corrected chi connectivity index (χ4v) is 1.18. The van der Waals surface area contributed by atoms with Gasteiger partial charge in [0.15, 0.2) is 11.3 Å². The van der Waals surface area contributed by atoms with Crippen LogP contribution < -0.4 is 11.4 Å². The number of aromatic nitrogens is 1. The number of hydrogen-bond donors (Lipinski definition) is 2. The van der Waals surface area contributed by atoms with E-state index in [1.807, 2.05) is 0 Å². The van der Waals surface area contributed by atoms with Crippen molar-refractivity contribution in [2.24, 2.45) is 5.73 Å². The van der Waals surface area contributed by atoms with Crippen LogP contribution in [-0.4, -0.2) is 10.1 Å². The molecule has 0 fully saturated rings. The van der Waals surface area contributed by atoms with Gasteiger partial charge in [0.1, 0.15) is 5.52 Å². The van der Waals surface area contributed by atoms with E-state index in [-0.39, 0.29) is 23.4 Å². The van der Waals surface area contributed by atoms with Gasteiger partial charge in [-0.05, 0) is 12.1 Å². The average molecular weight is 192 g/mol. The Hall–Kier alpha value is -1.88. The first-order chi connectivity index (χ1) is 6.70. The molecular formula is C9H8N2O3. The van der Waals surface area contributed by atoms with Crippen LogP contribution in [0.2, 0.25) is 0 Å². The van der Waals surface area contributed by atoms with Gasteiger partial charge in [0.2, 0.25) is 0 Å². The summed E-state index contributed by atoms with van der Waals surface area (Å²) in [5.41, 5.74) is 5.92. The second kappa shape index (κ2) is 3.12. The normalized spacial score (nSPS) is 10.6. The van der Waals surface area contributed by atoms with E-state index in [0.717, 1.165) is 6.07 Å². The van der Waals surface area contributed by atoms with Gasteiger partial charge in [-0.15, -0.1) is 0 Å². The standard InChI is InChI=1S/C9H8N2O3/c10-4-5-1-2-7-9(11-5)6(12)3-8(13)14-7/h1-3,12H,4,10H2. The molecule has 0 amide bonds. The fourth-order valence-electron chi connectivity index (χ4n) is 1.18. The molecule has 2 heterocycles. The zero-order chi connectivity index (χ0) is 10.1. The molecule has 14 heavy (non-hydrogen) atoms. The minimum atomic E-state index is -0.600. The van der Waals surface area contributed by atoms with Crippen LogP contribution in [0, 0.1) is 0 Å². The van der Waals surface area contributed by atoms with Crippen molar-refractivity contribution >= 4 is 11.1 Å². The van der Waals surface area contributed by atoms with Crippen molar-refractivity contribution in [1.82, 2.24) is 4.98 Å². The van der Waals surface area contributed by atoms with Crippen molar-refractivity contribution < 1.29 is 9.52 Å². The summed E-state index contributed by atoms with van der Waals surface area (Å²) >= 11 is 0. The molecule has 5 nitrogen and oxygen atoms in total. The summed E-state index contributed by atoms with van der Waals surface area (Å²) < 4.78 is 4.82. The van der Waals surface area contributed by atoms with Crippen LogP contribution in [-0.2, 0) is 6.54 Å². The van der Waals surface area contributed by atoms with Gasteiger partial charge >= 0.3 is 5.63 Å². The second-order valence-corrected chi connectivity index (χ2v) is 2.80. The maximum atomic E-state index is 10.9. The fraction of sp³-hybridized carbons (Fsp3) is 0.111. The Labute approximate surface area is 78.8 Å². The molecule has 0 bridgehead atoms. The van der Waals surface area contributed by atoms with Crippen LogP contribution in [0.3, 0.4) is 0 Å². The molecule has 0 atom stereocenters. The van der Waals surface area contributed by atoms with Crippen molar-refractivity contribution in [3.63, 3.8) is 0 Å². The van der Waals surface area contributed by atoms with Crippen molar-refractivity contribution in [2.45, 2.75) is 6.54 Å². The number of aromatic hydroxyl groups is 1. The lowest BCUT2D eigenvalue weighted by Crippen LogP contribution is -2.01. The number of hydrogen-bond acceptors (Lipinski definition) is 5. The van der Waals surface area contributed by atoms with E-state index in [1.54, 1.807) is 12.1 Å². The Morgan fingerprint density at radius 1 is 1.50 bits per heavy atom. The first kappa shape index (κ1) is 8.71. The van der Waals surface area contributed by atoms with E-state index in [1.165, 1.54) is 0 Å². The van der Waals surface area contributed by atoms with Gasteiger partial charge in [-0.25, -0.2) is 9.78 Å². The summed E-state index contributed by atoms with van der Waals surface area (Å²) in [6.45, 7) is 0.272. The summed E-state index contributed by atoms with van der Waals surface area (Å²) in [7, 11) is 0. The average Bonchev–Trinajstić information content (AvgIpc) is 2.17. The molecule has 0 spiro atoms. The number of rotatable bonds is 1. The van der Waals surface area contributed by atoms with Crippen LogP contribution >= 0.6 is 0 Å². The number of nitrogens with zero attached hydrogens (tertiary/aromatic N) is 1. The van der Waals surface area contributed by atoms with E-state index < -0.39 is 5.63 Å². The van der Waals surface area contributed by atoms with Crippen LogP contribution in [0.15, 0.2) is 27.4 Å². The van der Waals surface area contributed by atoms with Gasteiger partial charge in [-0.1, -0.05) is 0 Å². The third-order valence-electron chi connectivity index (χ3n) is 1.83. The Bertz CT molecular complexity index is 533. The summed E-state index contributed by atoms with van der Waals surface area (Å²) in [6, 6.07) is 4.19. The lowest BCUT2D eigenvalue weighted by Gasteiger charge is -2.00. The topological polar surface area (TPSA) is 89.3 Å². The van der Waals surface area contributed by atoms with Gasteiger partial charge in [-0.2, -0.15) is 0 Å². The van der Waals surface area contributed by atoms with E-state index >= 15 is 0 Å². The van der Waals surface area contributed by atoms with Crippen LogP contribution in [0.1, 0.15) is 5.69 Å². The third kappa shape index (κ3) is 1.33. The monoisotopic (exact) mass is 192 g/mol. The zero-order valence-corrected chi connectivity index (χ0v) is 7.23.